The molecule has 0 spiro atoms. The van der Waals surface area contributed by atoms with Gasteiger partial charge in [-0.3, -0.25) is 14.9 Å². The number of nitrogens with one attached hydrogen (secondary N) is 2. The lowest BCUT2D eigenvalue weighted by Crippen LogP contribution is -2.35. The number of carbonyl (C=O) groups excluding carboxylic acids is 1. The van der Waals surface area contributed by atoms with E-state index in [2.05, 4.69) is 15.0 Å². The number of aromatic nitrogens is 3. The molecule has 0 aliphatic carbocycles. The monoisotopic (exact) mass is 384 g/mol. The van der Waals surface area contributed by atoms with E-state index >= 15 is 0 Å². The molecule has 2 N–H and O–H groups in total. The molecule has 2 heterocycles. The number of benzene rings is 1. The molecule has 146 valence electrons. The minimum atomic E-state index is -0.481. The summed E-state index contributed by atoms with van der Waals surface area (Å²) in [6.07, 6.45) is 1.22. The number of nitro groups is 1. The highest BCUT2D eigenvalue weighted by molar-refractivity contribution is 5.97. The van der Waals surface area contributed by atoms with Gasteiger partial charge in [-0.15, -0.1) is 0 Å². The van der Waals surface area contributed by atoms with Gasteiger partial charge in [0.25, 0.3) is 11.6 Å². The van der Waals surface area contributed by atoms with Crippen LogP contribution in [0.1, 0.15) is 15.9 Å². The smallest absolute Gasteiger partial charge is 0.323 e. The highest BCUT2D eigenvalue weighted by Crippen LogP contribution is 2.20. The van der Waals surface area contributed by atoms with Gasteiger partial charge in [0.05, 0.1) is 16.0 Å². The number of anilines is 1. The van der Waals surface area contributed by atoms with Crippen molar-refractivity contribution in [3.8, 4) is 0 Å². The lowest BCUT2D eigenvalue weighted by atomic mass is 10.2. The second kappa shape index (κ2) is 7.51. The van der Waals surface area contributed by atoms with Crippen LogP contribution in [-0.4, -0.2) is 57.9 Å². The molecule has 3 aromatic rings. The third-order valence-electron chi connectivity index (χ3n) is 4.49. The Bertz CT molecular complexity index is 1100. The van der Waals surface area contributed by atoms with Crippen LogP contribution >= 0.6 is 0 Å². The maximum Gasteiger partial charge on any atom is 0.323 e. The van der Waals surface area contributed by atoms with Crippen molar-refractivity contribution >= 4 is 28.4 Å². The van der Waals surface area contributed by atoms with Crippen molar-refractivity contribution in [2.24, 2.45) is 0 Å². The van der Waals surface area contributed by atoms with E-state index in [1.807, 2.05) is 11.9 Å². The molecule has 0 saturated heterocycles. The molecule has 3 rings (SSSR count). The van der Waals surface area contributed by atoms with Gasteiger partial charge in [-0.1, -0.05) is 0 Å². The summed E-state index contributed by atoms with van der Waals surface area (Å²) in [5, 5.41) is 10.8. The third-order valence-corrected chi connectivity index (χ3v) is 4.49. The summed E-state index contributed by atoms with van der Waals surface area (Å²) >= 11 is 0. The molecule has 0 atom stereocenters. The minimum Gasteiger partial charge on any atom is -0.358 e. The maximum atomic E-state index is 12.6. The van der Waals surface area contributed by atoms with Crippen molar-refractivity contribution < 1.29 is 9.72 Å². The van der Waals surface area contributed by atoms with Gasteiger partial charge in [-0.25, -0.2) is 9.78 Å². The number of pyridine rings is 1. The van der Waals surface area contributed by atoms with E-state index in [9.17, 15) is 19.7 Å². The lowest BCUT2D eigenvalue weighted by Gasteiger charge is -2.24. The molecule has 0 radical (unpaired) electrons. The van der Waals surface area contributed by atoms with Crippen LogP contribution < -0.4 is 10.6 Å². The van der Waals surface area contributed by atoms with Crippen LogP contribution in [0.5, 0.6) is 0 Å². The molecule has 0 aliphatic rings. The van der Waals surface area contributed by atoms with Crippen LogP contribution in [0.2, 0.25) is 0 Å². The number of nitrogens with zero attached hydrogens (tertiary/aromatic N) is 4. The number of aryl methyl sites for hydroxylation is 1. The zero-order valence-electron chi connectivity index (χ0n) is 15.7. The van der Waals surface area contributed by atoms with E-state index < -0.39 is 4.92 Å². The Morgan fingerprint density at radius 2 is 1.89 bits per heavy atom. The third kappa shape index (κ3) is 3.85. The largest absolute Gasteiger partial charge is 0.358 e. The quantitative estimate of drug-likeness (QED) is 0.491. The summed E-state index contributed by atoms with van der Waals surface area (Å²) in [5.74, 6) is 0.448. The highest BCUT2D eigenvalue weighted by Gasteiger charge is 2.16. The summed E-state index contributed by atoms with van der Waals surface area (Å²) < 4.78 is 0. The normalized spacial score (nSPS) is 10.8. The molecule has 1 aromatic carbocycles. The molecule has 28 heavy (non-hydrogen) atoms. The molecule has 0 unspecified atom stereocenters. The number of likely N-dealkylation sites (N-methyl/N-ethyl adjacent to an activating group) is 2. The van der Waals surface area contributed by atoms with Gasteiger partial charge in [0, 0.05) is 38.8 Å². The number of imidazole rings is 1. The second-order valence-corrected chi connectivity index (χ2v) is 6.58. The zero-order valence-corrected chi connectivity index (χ0v) is 15.7. The van der Waals surface area contributed by atoms with Gasteiger partial charge in [-0.2, -0.15) is 0 Å². The van der Waals surface area contributed by atoms with Crippen molar-refractivity contribution in [3.63, 3.8) is 0 Å². The van der Waals surface area contributed by atoms with Crippen molar-refractivity contribution in [1.82, 2.24) is 19.9 Å². The fourth-order valence-electron chi connectivity index (χ4n) is 2.95. The van der Waals surface area contributed by atoms with E-state index in [1.165, 1.54) is 12.3 Å². The number of carbonyl (C=O) groups is 1. The van der Waals surface area contributed by atoms with Crippen LogP contribution in [0.15, 0.2) is 35.3 Å². The Hall–Kier alpha value is -3.69. The first kappa shape index (κ1) is 19.1. The first-order chi connectivity index (χ1) is 13.3. The summed E-state index contributed by atoms with van der Waals surface area (Å²) in [6, 6.07) is 6.46. The Balaban J connectivity index is 1.66. The fourth-order valence-corrected chi connectivity index (χ4v) is 2.95. The molecule has 0 saturated carbocycles. The summed E-state index contributed by atoms with van der Waals surface area (Å²) in [4.78, 5) is 47.2. The molecular formula is C18H20N6O4. The van der Waals surface area contributed by atoms with E-state index in [4.69, 9.17) is 0 Å². The summed E-state index contributed by atoms with van der Waals surface area (Å²) in [5.41, 5.74) is 2.00. The van der Waals surface area contributed by atoms with Gasteiger partial charge in [0.2, 0.25) is 0 Å². The Kier molecular flexibility index (Phi) is 5.12. The molecule has 0 fully saturated rings. The maximum absolute atomic E-state index is 12.6. The number of fused-ring (bicyclic) bond motifs is 1. The number of hydrogen-bond acceptors (Lipinski definition) is 6. The average Bonchev–Trinajstić information content (AvgIpc) is 3.04. The molecule has 10 nitrogen and oxygen atoms in total. The Morgan fingerprint density at radius 3 is 2.57 bits per heavy atom. The van der Waals surface area contributed by atoms with Crippen molar-refractivity contribution in [2.45, 2.75) is 6.92 Å². The number of hydrogen-bond donors (Lipinski definition) is 2. The van der Waals surface area contributed by atoms with Crippen molar-refractivity contribution in [2.75, 3.05) is 32.1 Å². The van der Waals surface area contributed by atoms with Gasteiger partial charge in [-0.05, 0) is 30.7 Å². The standard InChI is InChI=1S/C18H20N6O4/c1-11-8-13(24(27)28)10-19-16(11)22(2)6-7-23(3)17(25)12-4-5-14-15(9-12)21-18(26)20-14/h4-5,8-10H,6-7H2,1-3H3,(H2,20,21,26). The van der Waals surface area contributed by atoms with E-state index in [0.29, 0.717) is 41.1 Å². The van der Waals surface area contributed by atoms with E-state index in [-0.39, 0.29) is 17.3 Å². The predicted octanol–water partition coefficient (Wildman–Crippen LogP) is 1.68. The molecular weight excluding hydrogens is 364 g/mol. The van der Waals surface area contributed by atoms with Crippen molar-refractivity contribution in [3.05, 3.63) is 62.2 Å². The molecule has 2 aromatic heterocycles. The molecule has 0 aliphatic heterocycles. The highest BCUT2D eigenvalue weighted by atomic mass is 16.6. The van der Waals surface area contributed by atoms with Crippen LogP contribution in [0.25, 0.3) is 11.0 Å². The van der Waals surface area contributed by atoms with Crippen LogP contribution in [0.4, 0.5) is 11.5 Å². The van der Waals surface area contributed by atoms with Crippen LogP contribution in [0.3, 0.4) is 0 Å². The average molecular weight is 384 g/mol. The van der Waals surface area contributed by atoms with E-state index in [1.54, 1.807) is 37.1 Å². The fraction of sp³-hybridized carbons (Fsp3) is 0.278. The van der Waals surface area contributed by atoms with Crippen molar-refractivity contribution in [1.29, 1.82) is 0 Å². The number of amides is 1. The number of aromatic amines is 2. The second-order valence-electron chi connectivity index (χ2n) is 6.58. The SMILES string of the molecule is Cc1cc([N+](=O)[O-])cnc1N(C)CCN(C)C(=O)c1ccc2[nH]c(=O)[nH]c2c1. The van der Waals surface area contributed by atoms with Crippen LogP contribution in [-0.2, 0) is 0 Å². The number of rotatable bonds is 6. The van der Waals surface area contributed by atoms with Gasteiger partial charge in [0.1, 0.15) is 12.0 Å². The van der Waals surface area contributed by atoms with Gasteiger partial charge >= 0.3 is 5.69 Å². The predicted molar refractivity (Wildman–Crippen MR) is 105 cm³/mol. The summed E-state index contributed by atoms with van der Waals surface area (Å²) in [7, 11) is 3.51. The first-order valence-electron chi connectivity index (χ1n) is 8.56. The Morgan fingerprint density at radius 1 is 1.18 bits per heavy atom. The van der Waals surface area contributed by atoms with Crippen LogP contribution in [0, 0.1) is 17.0 Å². The topological polar surface area (TPSA) is 128 Å². The lowest BCUT2D eigenvalue weighted by molar-refractivity contribution is -0.385. The minimum absolute atomic E-state index is 0.0554. The number of H-pyrrole nitrogens is 2. The summed E-state index contributed by atoms with van der Waals surface area (Å²) in [6.45, 7) is 2.68. The Labute approximate surface area is 160 Å². The molecule has 0 bridgehead atoms. The molecule has 1 amide bonds. The first-order valence-corrected chi connectivity index (χ1v) is 8.56. The zero-order chi connectivity index (χ0) is 20.4. The van der Waals surface area contributed by atoms with Gasteiger partial charge in [0.15, 0.2) is 0 Å². The van der Waals surface area contributed by atoms with E-state index in [0.717, 1.165) is 0 Å². The van der Waals surface area contributed by atoms with Gasteiger partial charge < -0.3 is 19.8 Å². The molecule has 10 heteroatoms.